The summed E-state index contributed by atoms with van der Waals surface area (Å²) in [4.78, 5) is 45.0. The maximum absolute atomic E-state index is 12.9. The largest absolute Gasteiger partial charge is 0.366 e. The third-order valence-electron chi connectivity index (χ3n) is 4.92. The Labute approximate surface area is 164 Å². The molecule has 0 aliphatic carbocycles. The fraction of sp³-hybridized carbons (Fsp3) is 0.857. The first-order valence-corrected chi connectivity index (χ1v) is 9.68. The minimum Gasteiger partial charge on any atom is -0.366 e. The summed E-state index contributed by atoms with van der Waals surface area (Å²) >= 11 is 0. The van der Waals surface area contributed by atoms with Gasteiger partial charge in [-0.2, -0.15) is 0 Å². The van der Waals surface area contributed by atoms with Gasteiger partial charge in [0.25, 0.3) is 0 Å². The second kappa shape index (κ2) is 7.19. The molecule has 0 aromatic rings. The van der Waals surface area contributed by atoms with Crippen LogP contribution in [0.3, 0.4) is 0 Å². The number of piperidine rings is 1. The van der Waals surface area contributed by atoms with Crippen LogP contribution in [-0.2, 0) is 19.2 Å². The van der Waals surface area contributed by atoms with Gasteiger partial charge in [-0.3, -0.25) is 14.5 Å². The van der Waals surface area contributed by atoms with Crippen LogP contribution in [-0.4, -0.2) is 44.9 Å². The van der Waals surface area contributed by atoms with Crippen LogP contribution >= 0.6 is 0 Å². The summed E-state index contributed by atoms with van der Waals surface area (Å²) in [5.74, 6) is -0.713. The van der Waals surface area contributed by atoms with E-state index in [9.17, 15) is 14.4 Å². The fourth-order valence-corrected chi connectivity index (χ4v) is 3.79. The zero-order chi connectivity index (χ0) is 21.6. The van der Waals surface area contributed by atoms with Crippen molar-refractivity contribution in [3.05, 3.63) is 0 Å². The monoisotopic (exact) mass is 382 g/mol. The molecular weight excluding hydrogens is 344 g/mol. The van der Waals surface area contributed by atoms with Crippen molar-refractivity contribution in [2.75, 3.05) is 0 Å². The van der Waals surface area contributed by atoms with Gasteiger partial charge in [-0.25, -0.2) is 4.79 Å². The topological polar surface area (TPSA) is 66.9 Å². The van der Waals surface area contributed by atoms with E-state index in [0.717, 1.165) is 0 Å². The third-order valence-corrected chi connectivity index (χ3v) is 4.92. The zero-order valence-corrected chi connectivity index (χ0v) is 19.0. The van der Waals surface area contributed by atoms with Crippen LogP contribution in [0.25, 0.3) is 0 Å². The summed E-state index contributed by atoms with van der Waals surface area (Å²) in [6.45, 7) is 20.3. The highest BCUT2D eigenvalue weighted by Gasteiger charge is 2.52. The molecule has 1 rings (SSSR count). The Kier molecular flexibility index (Phi) is 6.29. The quantitative estimate of drug-likeness (QED) is 0.724. The number of hydroxylamine groups is 2. The molecule has 1 fully saturated rings. The number of hydrogen-bond donors (Lipinski definition) is 0. The molecule has 2 amide bonds. The van der Waals surface area contributed by atoms with Crippen LogP contribution in [0.4, 0.5) is 0 Å². The van der Waals surface area contributed by atoms with Gasteiger partial charge in [0.2, 0.25) is 11.8 Å². The average molecular weight is 383 g/mol. The van der Waals surface area contributed by atoms with Gasteiger partial charge in [0, 0.05) is 18.4 Å². The molecule has 1 saturated heterocycles. The van der Waals surface area contributed by atoms with Gasteiger partial charge in [-0.1, -0.05) is 20.8 Å². The molecule has 1 aliphatic rings. The SMILES string of the molecule is CC(=O)N(C(=O)C(C)(C)C)C1CC(C)(C)N(OC(=O)C(C)(C)C)C(C)(C)C1. The first-order chi connectivity index (χ1) is 11.8. The normalized spacial score (nSPS) is 20.9. The molecule has 0 saturated carbocycles. The molecule has 0 spiro atoms. The maximum Gasteiger partial charge on any atom is 0.330 e. The Morgan fingerprint density at radius 2 is 1.30 bits per heavy atom. The van der Waals surface area contributed by atoms with E-state index in [4.69, 9.17) is 4.84 Å². The molecule has 0 aromatic carbocycles. The first kappa shape index (κ1) is 23.6. The van der Waals surface area contributed by atoms with Gasteiger partial charge in [0.05, 0.1) is 16.5 Å². The van der Waals surface area contributed by atoms with Crippen molar-refractivity contribution in [2.24, 2.45) is 10.8 Å². The van der Waals surface area contributed by atoms with E-state index in [-0.39, 0.29) is 23.8 Å². The molecule has 156 valence electrons. The molecule has 6 nitrogen and oxygen atoms in total. The van der Waals surface area contributed by atoms with Crippen LogP contribution in [0.15, 0.2) is 0 Å². The molecule has 0 unspecified atom stereocenters. The third kappa shape index (κ3) is 5.31. The number of rotatable bonds is 2. The lowest BCUT2D eigenvalue weighted by molar-refractivity contribution is -0.277. The Hall–Kier alpha value is -1.43. The van der Waals surface area contributed by atoms with Crippen LogP contribution in [0.2, 0.25) is 0 Å². The lowest BCUT2D eigenvalue weighted by Gasteiger charge is -2.55. The van der Waals surface area contributed by atoms with E-state index >= 15 is 0 Å². The Morgan fingerprint density at radius 1 is 0.889 bits per heavy atom. The van der Waals surface area contributed by atoms with Crippen LogP contribution in [0.1, 0.15) is 89.0 Å². The number of carbonyl (C=O) groups excluding carboxylic acids is 3. The second-order valence-electron chi connectivity index (χ2n) is 11.1. The molecule has 1 aliphatic heterocycles. The van der Waals surface area contributed by atoms with Crippen molar-refractivity contribution in [3.63, 3.8) is 0 Å². The lowest BCUT2D eigenvalue weighted by Crippen LogP contribution is -2.66. The van der Waals surface area contributed by atoms with E-state index in [1.807, 2.05) is 69.2 Å². The number of nitrogens with zero attached hydrogens (tertiary/aromatic N) is 2. The molecule has 1 heterocycles. The van der Waals surface area contributed by atoms with E-state index in [1.54, 1.807) is 5.06 Å². The molecule has 0 N–H and O–H groups in total. The van der Waals surface area contributed by atoms with Gasteiger partial charge >= 0.3 is 5.97 Å². The average Bonchev–Trinajstić information content (AvgIpc) is 2.39. The zero-order valence-electron chi connectivity index (χ0n) is 19.0. The van der Waals surface area contributed by atoms with Gasteiger partial charge in [0.1, 0.15) is 0 Å². The molecule has 0 aromatic heterocycles. The van der Waals surface area contributed by atoms with Crippen LogP contribution < -0.4 is 0 Å². The first-order valence-electron chi connectivity index (χ1n) is 9.68. The summed E-state index contributed by atoms with van der Waals surface area (Å²) in [5.41, 5.74) is -2.31. The number of carbonyl (C=O) groups is 3. The highest BCUT2D eigenvalue weighted by atomic mass is 16.7. The highest BCUT2D eigenvalue weighted by molar-refractivity contribution is 5.97. The molecule has 0 bridgehead atoms. The number of imide groups is 1. The van der Waals surface area contributed by atoms with Crippen molar-refractivity contribution < 1.29 is 19.2 Å². The Balaban J connectivity index is 3.22. The Bertz CT molecular complexity index is 591. The van der Waals surface area contributed by atoms with Gasteiger partial charge in [-0.15, -0.1) is 5.06 Å². The van der Waals surface area contributed by atoms with Crippen LogP contribution in [0, 0.1) is 10.8 Å². The van der Waals surface area contributed by atoms with Crippen molar-refractivity contribution in [1.29, 1.82) is 0 Å². The molecule has 0 atom stereocenters. The van der Waals surface area contributed by atoms with Gasteiger partial charge in [-0.05, 0) is 61.3 Å². The molecular formula is C21H38N2O4. The van der Waals surface area contributed by atoms with Crippen molar-refractivity contribution in [3.8, 4) is 0 Å². The minimum atomic E-state index is -0.643. The Morgan fingerprint density at radius 3 is 1.59 bits per heavy atom. The second-order valence-corrected chi connectivity index (χ2v) is 11.1. The minimum absolute atomic E-state index is 0.174. The fourth-order valence-electron chi connectivity index (χ4n) is 3.79. The van der Waals surface area contributed by atoms with Crippen molar-refractivity contribution in [1.82, 2.24) is 9.96 Å². The van der Waals surface area contributed by atoms with Gasteiger partial charge in [0.15, 0.2) is 0 Å². The van der Waals surface area contributed by atoms with Crippen molar-refractivity contribution >= 4 is 17.8 Å². The van der Waals surface area contributed by atoms with E-state index in [0.29, 0.717) is 12.8 Å². The number of amides is 2. The summed E-state index contributed by atoms with van der Waals surface area (Å²) in [6.07, 6.45) is 1.07. The van der Waals surface area contributed by atoms with Crippen LogP contribution in [0.5, 0.6) is 0 Å². The van der Waals surface area contributed by atoms with E-state index < -0.39 is 21.9 Å². The smallest absolute Gasteiger partial charge is 0.330 e. The molecule has 27 heavy (non-hydrogen) atoms. The van der Waals surface area contributed by atoms with E-state index in [1.165, 1.54) is 11.8 Å². The lowest BCUT2D eigenvalue weighted by atomic mass is 9.77. The summed E-state index contributed by atoms with van der Waals surface area (Å²) in [5, 5.41) is 1.75. The predicted octanol–water partition coefficient (Wildman–Crippen LogP) is 3.93. The molecule has 6 heteroatoms. The molecule has 0 radical (unpaired) electrons. The van der Waals surface area contributed by atoms with E-state index in [2.05, 4.69) is 0 Å². The van der Waals surface area contributed by atoms with Gasteiger partial charge < -0.3 is 4.84 Å². The summed E-state index contributed by atoms with van der Waals surface area (Å²) in [6, 6.07) is -0.246. The number of hydrogen-bond acceptors (Lipinski definition) is 5. The summed E-state index contributed by atoms with van der Waals surface area (Å²) in [7, 11) is 0. The summed E-state index contributed by atoms with van der Waals surface area (Å²) < 4.78 is 0. The highest BCUT2D eigenvalue weighted by Crippen LogP contribution is 2.42. The standard InChI is InChI=1S/C21H38N2O4/c1-14(24)22(16(25)18(2,3)4)15-12-20(8,9)23(21(10,11)13-15)27-17(26)19(5,6)7/h15H,12-13H2,1-11H3. The maximum atomic E-state index is 12.9. The predicted molar refractivity (Wildman–Crippen MR) is 106 cm³/mol. The van der Waals surface area contributed by atoms with Crippen molar-refractivity contribution in [2.45, 2.75) is 106 Å².